The predicted molar refractivity (Wildman–Crippen MR) is 68.1 cm³/mol. The van der Waals surface area contributed by atoms with Crippen LogP contribution in [-0.4, -0.2) is 30.1 Å². The van der Waals surface area contributed by atoms with Crippen molar-refractivity contribution in [2.24, 2.45) is 0 Å². The van der Waals surface area contributed by atoms with Gasteiger partial charge in [0.05, 0.1) is 6.54 Å². The second-order valence-corrected chi connectivity index (χ2v) is 3.93. The maximum absolute atomic E-state index is 11.6. The first-order valence-electron chi connectivity index (χ1n) is 5.93. The van der Waals surface area contributed by atoms with Crippen LogP contribution in [0.1, 0.15) is 24.9 Å². The first-order chi connectivity index (χ1) is 8.65. The molecular formula is C13H18N2O3. The van der Waals surface area contributed by atoms with E-state index < -0.39 is 12.0 Å². The molecule has 1 amide bonds. The van der Waals surface area contributed by atoms with Gasteiger partial charge in [-0.3, -0.25) is 4.79 Å². The fourth-order valence-corrected chi connectivity index (χ4v) is 1.52. The molecule has 0 saturated heterocycles. The van der Waals surface area contributed by atoms with Crippen LogP contribution in [0.5, 0.6) is 0 Å². The first-order valence-corrected chi connectivity index (χ1v) is 5.93. The van der Waals surface area contributed by atoms with Crippen molar-refractivity contribution in [1.82, 2.24) is 10.6 Å². The number of hydrogen-bond donors (Lipinski definition) is 3. The SMILES string of the molecule is CCCNCC(=O)N[C@H](C(=O)O)c1ccccc1. The minimum Gasteiger partial charge on any atom is -0.479 e. The zero-order valence-corrected chi connectivity index (χ0v) is 10.3. The number of carboxylic acid groups (broad SMARTS) is 1. The molecule has 0 radical (unpaired) electrons. The number of amides is 1. The molecule has 1 aromatic rings. The summed E-state index contributed by atoms with van der Waals surface area (Å²) >= 11 is 0. The van der Waals surface area contributed by atoms with Crippen molar-refractivity contribution in [1.29, 1.82) is 0 Å². The summed E-state index contributed by atoms with van der Waals surface area (Å²) < 4.78 is 0. The molecule has 1 atom stereocenters. The Morgan fingerprint density at radius 1 is 1.28 bits per heavy atom. The van der Waals surface area contributed by atoms with E-state index in [0.29, 0.717) is 5.56 Å². The highest BCUT2D eigenvalue weighted by Gasteiger charge is 2.21. The Kier molecular flexibility index (Phi) is 5.87. The van der Waals surface area contributed by atoms with Crippen LogP contribution in [0, 0.1) is 0 Å². The van der Waals surface area contributed by atoms with Crippen molar-refractivity contribution in [3.8, 4) is 0 Å². The summed E-state index contributed by atoms with van der Waals surface area (Å²) in [6, 6.07) is 7.64. The molecule has 18 heavy (non-hydrogen) atoms. The van der Waals surface area contributed by atoms with Crippen LogP contribution in [0.3, 0.4) is 0 Å². The van der Waals surface area contributed by atoms with Crippen LogP contribution in [0.15, 0.2) is 30.3 Å². The summed E-state index contributed by atoms with van der Waals surface area (Å²) in [5.41, 5.74) is 0.564. The monoisotopic (exact) mass is 250 g/mol. The topological polar surface area (TPSA) is 78.4 Å². The lowest BCUT2D eigenvalue weighted by Gasteiger charge is -2.15. The third-order valence-corrected chi connectivity index (χ3v) is 2.40. The average Bonchev–Trinajstić information content (AvgIpc) is 2.37. The molecule has 0 aliphatic rings. The van der Waals surface area contributed by atoms with Gasteiger partial charge in [-0.1, -0.05) is 37.3 Å². The maximum atomic E-state index is 11.6. The Balaban J connectivity index is 2.59. The summed E-state index contributed by atoms with van der Waals surface area (Å²) in [5, 5.41) is 14.5. The van der Waals surface area contributed by atoms with Crippen LogP contribution >= 0.6 is 0 Å². The molecule has 0 aromatic heterocycles. The largest absolute Gasteiger partial charge is 0.479 e. The van der Waals surface area contributed by atoms with Crippen LogP contribution < -0.4 is 10.6 Å². The van der Waals surface area contributed by atoms with E-state index in [-0.39, 0.29) is 12.5 Å². The van der Waals surface area contributed by atoms with Crippen molar-refractivity contribution < 1.29 is 14.7 Å². The van der Waals surface area contributed by atoms with Crippen molar-refractivity contribution in [2.75, 3.05) is 13.1 Å². The van der Waals surface area contributed by atoms with Gasteiger partial charge >= 0.3 is 5.97 Å². The molecular weight excluding hydrogens is 232 g/mol. The number of nitrogens with one attached hydrogen (secondary N) is 2. The highest BCUT2D eigenvalue weighted by atomic mass is 16.4. The number of carboxylic acids is 1. The Morgan fingerprint density at radius 2 is 1.94 bits per heavy atom. The standard InChI is InChI=1S/C13H18N2O3/c1-2-8-14-9-11(16)15-12(13(17)18)10-6-4-3-5-7-10/h3-7,12,14H,2,8-9H2,1H3,(H,15,16)(H,17,18)/t12-/m0/s1. The van der Waals surface area contributed by atoms with E-state index in [0.717, 1.165) is 13.0 Å². The van der Waals surface area contributed by atoms with E-state index in [4.69, 9.17) is 5.11 Å². The van der Waals surface area contributed by atoms with Crippen LogP contribution in [0.2, 0.25) is 0 Å². The van der Waals surface area contributed by atoms with Gasteiger partial charge in [0, 0.05) is 0 Å². The molecule has 0 heterocycles. The van der Waals surface area contributed by atoms with Gasteiger partial charge in [-0.2, -0.15) is 0 Å². The highest BCUT2D eigenvalue weighted by Crippen LogP contribution is 2.12. The molecule has 1 aromatic carbocycles. The summed E-state index contributed by atoms with van der Waals surface area (Å²) in [6.45, 7) is 2.86. The van der Waals surface area contributed by atoms with E-state index in [1.807, 2.05) is 6.92 Å². The number of carbonyl (C=O) groups is 2. The lowest BCUT2D eigenvalue weighted by atomic mass is 10.1. The highest BCUT2D eigenvalue weighted by molar-refractivity contribution is 5.85. The Bertz CT molecular complexity index is 392. The summed E-state index contributed by atoms with van der Waals surface area (Å²) in [4.78, 5) is 22.7. The number of hydrogen-bond acceptors (Lipinski definition) is 3. The van der Waals surface area contributed by atoms with Crippen LogP contribution in [0.25, 0.3) is 0 Å². The van der Waals surface area contributed by atoms with Gasteiger partial charge in [-0.05, 0) is 18.5 Å². The first kappa shape index (κ1) is 14.2. The molecule has 0 fully saturated rings. The lowest BCUT2D eigenvalue weighted by Crippen LogP contribution is -2.39. The number of rotatable bonds is 7. The van der Waals surface area contributed by atoms with Crippen LogP contribution in [0.4, 0.5) is 0 Å². The summed E-state index contributed by atoms with van der Waals surface area (Å²) in [7, 11) is 0. The predicted octanol–water partition coefficient (Wildman–Crippen LogP) is 0.928. The van der Waals surface area contributed by atoms with Gasteiger partial charge in [0.25, 0.3) is 0 Å². The molecule has 0 bridgehead atoms. The molecule has 0 spiro atoms. The summed E-state index contributed by atoms with van der Waals surface area (Å²) in [5.74, 6) is -1.38. The van der Waals surface area contributed by atoms with E-state index in [2.05, 4.69) is 10.6 Å². The van der Waals surface area contributed by atoms with Crippen molar-refractivity contribution in [3.05, 3.63) is 35.9 Å². The molecule has 1 rings (SSSR count). The fraction of sp³-hybridized carbons (Fsp3) is 0.385. The molecule has 5 heteroatoms. The molecule has 0 saturated carbocycles. The molecule has 5 nitrogen and oxygen atoms in total. The second-order valence-electron chi connectivity index (χ2n) is 3.93. The van der Waals surface area contributed by atoms with Crippen LogP contribution in [-0.2, 0) is 9.59 Å². The van der Waals surface area contributed by atoms with Gasteiger partial charge in [-0.25, -0.2) is 4.79 Å². The van der Waals surface area contributed by atoms with Crippen molar-refractivity contribution in [3.63, 3.8) is 0 Å². The zero-order valence-electron chi connectivity index (χ0n) is 10.3. The third-order valence-electron chi connectivity index (χ3n) is 2.40. The van der Waals surface area contributed by atoms with Gasteiger partial charge < -0.3 is 15.7 Å². The van der Waals surface area contributed by atoms with E-state index >= 15 is 0 Å². The van der Waals surface area contributed by atoms with Gasteiger partial charge in [0.1, 0.15) is 0 Å². The van der Waals surface area contributed by atoms with Gasteiger partial charge in [-0.15, -0.1) is 0 Å². The molecule has 0 aliphatic heterocycles. The molecule has 3 N–H and O–H groups in total. The maximum Gasteiger partial charge on any atom is 0.330 e. The van der Waals surface area contributed by atoms with E-state index in [9.17, 15) is 9.59 Å². The molecule has 0 aliphatic carbocycles. The number of carbonyl (C=O) groups excluding carboxylic acids is 1. The summed E-state index contributed by atoms with van der Waals surface area (Å²) in [6.07, 6.45) is 0.925. The third kappa shape index (κ3) is 4.55. The minimum atomic E-state index is -1.06. The normalized spacial score (nSPS) is 11.8. The van der Waals surface area contributed by atoms with Crippen molar-refractivity contribution in [2.45, 2.75) is 19.4 Å². The van der Waals surface area contributed by atoms with Gasteiger partial charge in [0.15, 0.2) is 6.04 Å². The van der Waals surface area contributed by atoms with Gasteiger partial charge in [0.2, 0.25) is 5.91 Å². The quantitative estimate of drug-likeness (QED) is 0.629. The number of benzene rings is 1. The Morgan fingerprint density at radius 3 is 2.50 bits per heavy atom. The van der Waals surface area contributed by atoms with E-state index in [1.54, 1.807) is 30.3 Å². The smallest absolute Gasteiger partial charge is 0.330 e. The number of aliphatic carboxylic acids is 1. The Hall–Kier alpha value is -1.88. The van der Waals surface area contributed by atoms with E-state index in [1.165, 1.54) is 0 Å². The fourth-order valence-electron chi connectivity index (χ4n) is 1.52. The zero-order chi connectivity index (χ0) is 13.4. The Labute approximate surface area is 106 Å². The molecule has 0 unspecified atom stereocenters. The lowest BCUT2D eigenvalue weighted by molar-refractivity contribution is -0.141. The average molecular weight is 250 g/mol. The van der Waals surface area contributed by atoms with Crippen molar-refractivity contribution >= 4 is 11.9 Å². The second kappa shape index (κ2) is 7.45. The molecule has 98 valence electrons. The minimum absolute atomic E-state index is 0.129.